The van der Waals surface area contributed by atoms with Crippen LogP contribution in [0.5, 0.6) is 11.6 Å². The molecule has 0 bridgehead atoms. The van der Waals surface area contributed by atoms with Crippen molar-refractivity contribution in [3.63, 3.8) is 0 Å². The first-order valence-electron chi connectivity index (χ1n) is 5.72. The third-order valence-corrected chi connectivity index (χ3v) is 2.98. The highest BCUT2D eigenvalue weighted by molar-refractivity contribution is 9.10. The largest absolute Gasteiger partial charge is 0.434 e. The summed E-state index contributed by atoms with van der Waals surface area (Å²) in [5.74, 6) is 0.461. The molecule has 0 fully saturated rings. The minimum absolute atomic E-state index is 0.0332. The number of halogens is 1. The predicted molar refractivity (Wildman–Crippen MR) is 79.4 cm³/mol. The number of nitro groups is 1. The van der Waals surface area contributed by atoms with Gasteiger partial charge in [-0.3, -0.25) is 10.1 Å². The normalized spacial score (nSPS) is 10.2. The van der Waals surface area contributed by atoms with E-state index in [2.05, 4.69) is 20.9 Å². The Bertz CT molecular complexity index is 647. The lowest BCUT2D eigenvalue weighted by atomic mass is 10.3. The van der Waals surface area contributed by atoms with Crippen molar-refractivity contribution in [2.45, 2.75) is 0 Å². The van der Waals surface area contributed by atoms with E-state index in [0.29, 0.717) is 10.2 Å². The lowest BCUT2D eigenvalue weighted by molar-refractivity contribution is -0.386. The monoisotopic (exact) mass is 337 g/mol. The highest BCUT2D eigenvalue weighted by Crippen LogP contribution is 2.32. The van der Waals surface area contributed by atoms with Gasteiger partial charge >= 0.3 is 5.69 Å². The Hall–Kier alpha value is -2.15. The van der Waals surface area contributed by atoms with Gasteiger partial charge in [0.2, 0.25) is 0 Å². The summed E-state index contributed by atoms with van der Waals surface area (Å²) in [6.45, 7) is 0. The Kier molecular flexibility index (Phi) is 4.19. The molecule has 0 spiro atoms. The molecule has 6 nitrogen and oxygen atoms in total. The zero-order valence-corrected chi connectivity index (χ0v) is 12.5. The van der Waals surface area contributed by atoms with Crippen molar-refractivity contribution in [1.29, 1.82) is 0 Å². The number of hydrogen-bond donors (Lipinski definition) is 0. The molecule has 1 heterocycles. The summed E-state index contributed by atoms with van der Waals surface area (Å²) < 4.78 is 6.04. The Morgan fingerprint density at radius 2 is 2.10 bits per heavy atom. The first-order valence-corrected chi connectivity index (χ1v) is 6.52. The number of rotatable bonds is 4. The number of ether oxygens (including phenoxy) is 1. The van der Waals surface area contributed by atoms with Gasteiger partial charge in [0.1, 0.15) is 5.75 Å². The first-order chi connectivity index (χ1) is 9.47. The molecule has 1 aromatic carbocycles. The van der Waals surface area contributed by atoms with Crippen LogP contribution in [-0.4, -0.2) is 24.0 Å². The van der Waals surface area contributed by atoms with Gasteiger partial charge in [0.15, 0.2) is 0 Å². The van der Waals surface area contributed by atoms with Gasteiger partial charge in [-0.25, -0.2) is 4.98 Å². The summed E-state index contributed by atoms with van der Waals surface area (Å²) in [5, 5.41) is 11.0. The van der Waals surface area contributed by atoms with Crippen LogP contribution in [0.2, 0.25) is 0 Å². The molecular formula is C13H12BrN3O3. The lowest BCUT2D eigenvalue weighted by Gasteiger charge is -2.13. The van der Waals surface area contributed by atoms with Crippen LogP contribution in [-0.2, 0) is 0 Å². The molecule has 0 aliphatic rings. The summed E-state index contributed by atoms with van der Waals surface area (Å²) in [6.07, 6.45) is 1.46. The van der Waals surface area contributed by atoms with Crippen molar-refractivity contribution in [3.8, 4) is 11.6 Å². The summed E-state index contributed by atoms with van der Waals surface area (Å²) >= 11 is 3.15. The summed E-state index contributed by atoms with van der Waals surface area (Å²) in [5.41, 5.74) is 0.747. The Balaban J connectivity index is 2.35. The zero-order valence-electron chi connectivity index (χ0n) is 10.9. The second-order valence-corrected chi connectivity index (χ2v) is 5.14. The van der Waals surface area contributed by atoms with Crippen LogP contribution < -0.4 is 9.64 Å². The maximum atomic E-state index is 11.0. The number of pyridine rings is 1. The van der Waals surface area contributed by atoms with Crippen molar-refractivity contribution in [2.24, 2.45) is 0 Å². The molecule has 20 heavy (non-hydrogen) atoms. The Morgan fingerprint density at radius 3 is 2.75 bits per heavy atom. The van der Waals surface area contributed by atoms with Crippen LogP contribution in [0.15, 0.2) is 41.0 Å². The molecule has 0 unspecified atom stereocenters. The first kappa shape index (κ1) is 14.3. The smallest absolute Gasteiger partial charge is 0.332 e. The van der Waals surface area contributed by atoms with E-state index in [0.717, 1.165) is 5.69 Å². The third-order valence-electron chi connectivity index (χ3n) is 2.54. The topological polar surface area (TPSA) is 68.5 Å². The van der Waals surface area contributed by atoms with E-state index in [1.54, 1.807) is 12.1 Å². The molecule has 0 saturated carbocycles. The van der Waals surface area contributed by atoms with Crippen LogP contribution in [0.3, 0.4) is 0 Å². The van der Waals surface area contributed by atoms with Crippen molar-refractivity contribution < 1.29 is 9.66 Å². The van der Waals surface area contributed by atoms with Crippen molar-refractivity contribution in [3.05, 3.63) is 51.1 Å². The Morgan fingerprint density at radius 1 is 1.35 bits per heavy atom. The average Bonchev–Trinajstić information content (AvgIpc) is 2.41. The second-order valence-electron chi connectivity index (χ2n) is 4.23. The van der Waals surface area contributed by atoms with E-state index >= 15 is 0 Å². The molecule has 0 N–H and O–H groups in total. The summed E-state index contributed by atoms with van der Waals surface area (Å²) in [4.78, 5) is 16.3. The number of anilines is 1. The molecule has 0 atom stereocenters. The summed E-state index contributed by atoms with van der Waals surface area (Å²) in [6, 6.07) is 8.59. The van der Waals surface area contributed by atoms with Gasteiger partial charge in [-0.15, -0.1) is 0 Å². The van der Waals surface area contributed by atoms with Gasteiger partial charge in [-0.05, 0) is 28.1 Å². The zero-order chi connectivity index (χ0) is 14.7. The Labute approximate surface area is 124 Å². The molecular weight excluding hydrogens is 326 g/mol. The van der Waals surface area contributed by atoms with E-state index in [1.165, 1.54) is 12.3 Å². The van der Waals surface area contributed by atoms with Crippen LogP contribution in [0.1, 0.15) is 0 Å². The molecule has 104 valence electrons. The van der Waals surface area contributed by atoms with Crippen LogP contribution in [0.25, 0.3) is 0 Å². The number of nitrogens with zero attached hydrogens (tertiary/aromatic N) is 3. The van der Waals surface area contributed by atoms with Crippen LogP contribution in [0, 0.1) is 10.1 Å². The van der Waals surface area contributed by atoms with Crippen molar-refractivity contribution in [2.75, 3.05) is 19.0 Å². The van der Waals surface area contributed by atoms with Gasteiger partial charge in [0.05, 0.1) is 4.92 Å². The second kappa shape index (κ2) is 5.87. The van der Waals surface area contributed by atoms with Crippen molar-refractivity contribution in [1.82, 2.24) is 4.98 Å². The van der Waals surface area contributed by atoms with Gasteiger partial charge in [-0.1, -0.05) is 6.07 Å². The molecule has 0 amide bonds. The molecule has 2 rings (SSSR count). The minimum Gasteiger partial charge on any atom is -0.434 e. The van der Waals surface area contributed by atoms with E-state index in [4.69, 9.17) is 4.74 Å². The van der Waals surface area contributed by atoms with Gasteiger partial charge in [-0.2, -0.15) is 0 Å². The lowest BCUT2D eigenvalue weighted by Crippen LogP contribution is -2.08. The molecule has 7 heteroatoms. The number of hydrogen-bond acceptors (Lipinski definition) is 5. The molecule has 0 aliphatic carbocycles. The fraction of sp³-hybridized carbons (Fsp3) is 0.154. The van der Waals surface area contributed by atoms with E-state index in [-0.39, 0.29) is 11.6 Å². The molecule has 0 aliphatic heterocycles. The standard InChI is InChI=1S/C13H12BrN3O3/c1-16(2)10-4-3-5-11(7-10)20-13-12(17(18)19)6-9(14)8-15-13/h3-8H,1-2H3. The molecule has 1 aromatic heterocycles. The third kappa shape index (κ3) is 3.24. The van der Waals surface area contributed by atoms with E-state index in [1.807, 2.05) is 31.1 Å². The van der Waals surface area contributed by atoms with Crippen LogP contribution >= 0.6 is 15.9 Å². The SMILES string of the molecule is CN(C)c1cccc(Oc2ncc(Br)cc2[N+](=O)[O-])c1. The van der Waals surface area contributed by atoms with Gasteiger partial charge in [0, 0.05) is 42.6 Å². The minimum atomic E-state index is -0.525. The molecule has 2 aromatic rings. The van der Waals surface area contributed by atoms with E-state index < -0.39 is 4.92 Å². The van der Waals surface area contributed by atoms with E-state index in [9.17, 15) is 10.1 Å². The van der Waals surface area contributed by atoms with Gasteiger partial charge < -0.3 is 9.64 Å². The fourth-order valence-corrected chi connectivity index (χ4v) is 1.88. The fourth-order valence-electron chi connectivity index (χ4n) is 1.56. The summed E-state index contributed by atoms with van der Waals surface area (Å²) in [7, 11) is 3.80. The maximum absolute atomic E-state index is 11.0. The number of aromatic nitrogens is 1. The quantitative estimate of drug-likeness (QED) is 0.629. The molecule has 0 saturated heterocycles. The predicted octanol–water partition coefficient (Wildman–Crippen LogP) is 3.61. The highest BCUT2D eigenvalue weighted by atomic mass is 79.9. The van der Waals surface area contributed by atoms with Crippen LogP contribution in [0.4, 0.5) is 11.4 Å². The average molecular weight is 338 g/mol. The van der Waals surface area contributed by atoms with Crippen molar-refractivity contribution >= 4 is 27.3 Å². The number of benzene rings is 1. The maximum Gasteiger partial charge on any atom is 0.332 e. The molecule has 0 radical (unpaired) electrons. The van der Waals surface area contributed by atoms with Gasteiger partial charge in [0.25, 0.3) is 5.88 Å². The highest BCUT2D eigenvalue weighted by Gasteiger charge is 2.18.